The Morgan fingerprint density at radius 2 is 1.51 bits per heavy atom. The summed E-state index contributed by atoms with van der Waals surface area (Å²) in [6, 6.07) is 6.45. The van der Waals surface area contributed by atoms with Crippen LogP contribution in [0.3, 0.4) is 0 Å². The number of carbonyl (C=O) groups is 2. The molecule has 1 atom stereocenters. The summed E-state index contributed by atoms with van der Waals surface area (Å²) in [6.07, 6.45) is 0.254. The van der Waals surface area contributed by atoms with Gasteiger partial charge in [0.05, 0.1) is 17.8 Å². The van der Waals surface area contributed by atoms with Crippen molar-refractivity contribution in [3.63, 3.8) is 0 Å². The number of hydrogen-bond donors (Lipinski definition) is 6. The van der Waals surface area contributed by atoms with Gasteiger partial charge in [0.2, 0.25) is 5.91 Å². The van der Waals surface area contributed by atoms with E-state index in [1.54, 1.807) is 17.0 Å². The van der Waals surface area contributed by atoms with Gasteiger partial charge in [0.1, 0.15) is 18.8 Å². The molecule has 1 aromatic carbocycles. The third-order valence-corrected chi connectivity index (χ3v) is 11.2. The van der Waals surface area contributed by atoms with Crippen molar-refractivity contribution in [3.05, 3.63) is 29.8 Å². The number of nitrogens with two attached hydrogens (primary N) is 1. The predicted octanol–water partition coefficient (Wildman–Crippen LogP) is -5.34. The van der Waals surface area contributed by atoms with Crippen molar-refractivity contribution in [2.75, 3.05) is 57.6 Å². The molecule has 1 heterocycles. The van der Waals surface area contributed by atoms with Crippen molar-refractivity contribution in [1.82, 2.24) is 14.3 Å². The van der Waals surface area contributed by atoms with E-state index in [-0.39, 0.29) is 104 Å². The van der Waals surface area contributed by atoms with Crippen molar-refractivity contribution >= 4 is 56.4 Å². The predicted molar refractivity (Wildman–Crippen MR) is 151 cm³/mol. The van der Waals surface area contributed by atoms with Crippen molar-refractivity contribution in [2.24, 2.45) is 5.73 Å². The molecule has 0 aliphatic carbocycles. The first kappa shape index (κ1) is 42.1. The van der Waals surface area contributed by atoms with Crippen LogP contribution in [-0.2, 0) is 25.1 Å². The van der Waals surface area contributed by atoms with E-state index in [9.17, 15) is 43.4 Å². The summed E-state index contributed by atoms with van der Waals surface area (Å²) in [6.45, 7) is 2.56. The van der Waals surface area contributed by atoms with Gasteiger partial charge >= 0.3 is 80.7 Å². The van der Waals surface area contributed by atoms with E-state index < -0.39 is 32.7 Å². The normalized spacial score (nSPS) is 16.0. The van der Waals surface area contributed by atoms with Gasteiger partial charge in [-0.1, -0.05) is 12.1 Å². The van der Waals surface area contributed by atoms with E-state index >= 15 is 0 Å². The molecule has 1 fully saturated rings. The second-order valence-electron chi connectivity index (χ2n) is 9.57. The van der Waals surface area contributed by atoms with Crippen LogP contribution in [0, 0.1) is 0 Å². The number of hydrogen-bond acceptors (Lipinski definition) is 7. The fourth-order valence-electron chi connectivity index (χ4n) is 4.54. The molecule has 0 aromatic heterocycles. The molecule has 0 unspecified atom stereocenters. The molecule has 0 bridgehead atoms. The molecule has 7 N–H and O–H groups in total. The Balaban J connectivity index is -0.00000400. The molecule has 1 aliphatic rings. The van der Waals surface area contributed by atoms with Crippen molar-refractivity contribution in [3.8, 4) is 0 Å². The maximum atomic E-state index is 12.9. The second kappa shape index (κ2) is 18.3. The SMILES string of the molecule is N[C@@H](Cc1ccc([N+](C=O)(CCCl)CCCl)cc1)C(=O)N1CCN(CCCC(O)(P(=O)(O)O)P(=O)(O)O)CC1.[H-].[H-].[Na+].[Na+]. The van der Waals surface area contributed by atoms with Crippen LogP contribution in [0.15, 0.2) is 24.3 Å². The minimum absolute atomic E-state index is 0. The zero-order chi connectivity index (χ0) is 29.5. The summed E-state index contributed by atoms with van der Waals surface area (Å²) < 4.78 is 23.0. The third-order valence-electron chi connectivity index (χ3n) is 7.00. The molecule has 1 aliphatic heterocycles. The Bertz CT molecular complexity index is 1060. The van der Waals surface area contributed by atoms with Gasteiger partial charge in [0, 0.05) is 32.6 Å². The topological polar surface area (TPSA) is 202 Å². The number of carbonyl (C=O) groups excluding carboxylic acids is 2. The number of halogens is 2. The number of rotatable bonds is 15. The Labute approximate surface area is 297 Å². The van der Waals surface area contributed by atoms with Crippen molar-refractivity contribution < 1.29 is 105 Å². The van der Waals surface area contributed by atoms with Crippen molar-refractivity contribution in [1.29, 1.82) is 0 Å². The summed E-state index contributed by atoms with van der Waals surface area (Å²) in [7, 11) is -11.0. The first-order valence-corrected chi connectivity index (χ1v) is 16.6. The van der Waals surface area contributed by atoms with E-state index in [4.69, 9.17) is 28.9 Å². The number of benzene rings is 1. The molecule has 1 aromatic rings. The number of quaternary nitrogens is 1. The number of aliphatic hydroxyl groups is 1. The minimum Gasteiger partial charge on any atom is -1.00 e. The number of piperazine rings is 1. The average Bonchev–Trinajstić information content (AvgIpc) is 2.87. The number of amides is 2. The summed E-state index contributed by atoms with van der Waals surface area (Å²) in [5.41, 5.74) is 7.76. The van der Waals surface area contributed by atoms with Gasteiger partial charge in [-0.3, -0.25) is 18.8 Å². The third kappa shape index (κ3) is 11.1. The molecular weight excluding hydrogens is 643 g/mol. The van der Waals surface area contributed by atoms with Crippen molar-refractivity contribution in [2.45, 2.75) is 30.4 Å². The average molecular weight is 682 g/mol. The first-order chi connectivity index (χ1) is 18.1. The van der Waals surface area contributed by atoms with Crippen LogP contribution < -0.4 is 69.3 Å². The summed E-state index contributed by atoms with van der Waals surface area (Å²) in [5.74, 6) is 0.332. The van der Waals surface area contributed by atoms with Crippen LogP contribution in [0.25, 0.3) is 0 Å². The largest absolute Gasteiger partial charge is 1.00 e. The van der Waals surface area contributed by atoms with Gasteiger partial charge in [-0.15, -0.1) is 23.2 Å². The maximum absolute atomic E-state index is 12.9. The van der Waals surface area contributed by atoms with Crippen LogP contribution in [-0.4, -0.2) is 115 Å². The van der Waals surface area contributed by atoms with Gasteiger partial charge in [-0.25, -0.2) is 9.28 Å². The monoisotopic (exact) mass is 681 g/mol. The fraction of sp³-hybridized carbons (Fsp3) is 0.636. The smallest absolute Gasteiger partial charge is 1.00 e. The van der Waals surface area contributed by atoms with Crippen LogP contribution in [0.1, 0.15) is 21.3 Å². The van der Waals surface area contributed by atoms with Crippen LogP contribution >= 0.6 is 38.4 Å². The molecular formula is C22H39Cl2N4Na2O9P2+. The molecule has 0 radical (unpaired) electrons. The molecule has 0 saturated carbocycles. The van der Waals surface area contributed by atoms with E-state index in [1.807, 2.05) is 17.0 Å². The maximum Gasteiger partial charge on any atom is 1.00 e. The number of alkyl halides is 2. The molecule has 2 rings (SSSR count). The van der Waals surface area contributed by atoms with Gasteiger partial charge in [0.15, 0.2) is 0 Å². The van der Waals surface area contributed by atoms with Crippen LogP contribution in [0.2, 0.25) is 0 Å². The first-order valence-electron chi connectivity index (χ1n) is 12.3. The molecule has 1 saturated heterocycles. The Kier molecular flexibility index (Phi) is 18.8. The Hall–Kier alpha value is 1.08. The van der Waals surface area contributed by atoms with E-state index in [0.717, 1.165) is 17.7 Å². The van der Waals surface area contributed by atoms with Crippen LogP contribution in [0.5, 0.6) is 0 Å². The van der Waals surface area contributed by atoms with Crippen LogP contribution in [0.4, 0.5) is 5.69 Å². The minimum atomic E-state index is -5.48. The molecule has 19 heteroatoms. The quantitative estimate of drug-likeness (QED) is 0.0339. The molecule has 2 amide bonds. The van der Waals surface area contributed by atoms with Gasteiger partial charge in [0.25, 0.3) is 5.08 Å². The van der Waals surface area contributed by atoms with E-state index in [1.165, 1.54) is 0 Å². The molecule has 41 heavy (non-hydrogen) atoms. The Morgan fingerprint density at radius 3 is 1.93 bits per heavy atom. The second-order valence-corrected chi connectivity index (χ2v) is 14.3. The fourth-order valence-corrected chi connectivity index (χ4v) is 7.39. The molecule has 226 valence electrons. The summed E-state index contributed by atoms with van der Waals surface area (Å²) >= 11 is 11.8. The van der Waals surface area contributed by atoms with Gasteiger partial charge in [-0.2, -0.15) is 0 Å². The van der Waals surface area contributed by atoms with E-state index in [0.29, 0.717) is 39.3 Å². The van der Waals surface area contributed by atoms with Gasteiger partial charge < -0.3 is 38.2 Å². The number of nitrogens with zero attached hydrogens (tertiary/aromatic N) is 3. The summed E-state index contributed by atoms with van der Waals surface area (Å²) in [5, 5.41) is 6.56. The molecule has 0 spiro atoms. The zero-order valence-corrected chi connectivity index (χ0v) is 30.7. The standard InChI is InChI=1S/C22H36Cl2N4O9P2.2Na.2H/c23-7-14-28(17-29,15-8-24)19-4-2-18(3-5-19)16-20(25)21(30)27-12-10-26(11-13-27)9-1-6-22(31,38(32,33)34)39(35,36)37;;;;/h2-5,17,20,31H,1,6-16,25H2,(H3-,32,33,34,35,36,37);;;;/q;2*+1;2*-1/p+1/t20-;;;;/m0..../s1. The Morgan fingerprint density at radius 1 is 1.02 bits per heavy atom. The van der Waals surface area contributed by atoms with E-state index in [2.05, 4.69) is 0 Å². The zero-order valence-electron chi connectivity index (χ0n) is 25.4. The molecule has 13 nitrogen and oxygen atoms in total. The van der Waals surface area contributed by atoms with Gasteiger partial charge in [-0.05, 0) is 37.1 Å². The summed E-state index contributed by atoms with van der Waals surface area (Å²) in [4.78, 5) is 65.2.